The van der Waals surface area contributed by atoms with Gasteiger partial charge >= 0.3 is 0 Å². The Morgan fingerprint density at radius 2 is 2.07 bits per heavy atom. The fourth-order valence-electron chi connectivity index (χ4n) is 1.16. The van der Waals surface area contributed by atoms with E-state index in [9.17, 15) is 8.78 Å². The van der Waals surface area contributed by atoms with Gasteiger partial charge in [0.25, 0.3) is 0 Å². The third-order valence-electron chi connectivity index (χ3n) is 1.85. The van der Waals surface area contributed by atoms with Crippen LogP contribution in [0.4, 0.5) is 8.78 Å². The molecule has 0 fully saturated rings. The van der Waals surface area contributed by atoms with Crippen LogP contribution in [0.15, 0.2) is 6.07 Å². The summed E-state index contributed by atoms with van der Waals surface area (Å²) in [5, 5.41) is 9.10. The number of aromatic hydroxyl groups is 1. The zero-order valence-electron chi connectivity index (χ0n) is 7.68. The lowest BCUT2D eigenvalue weighted by Crippen LogP contribution is -2.08. The highest BCUT2D eigenvalue weighted by molar-refractivity contribution is 5.41. The number of hydrogen-bond donors (Lipinski definition) is 2. The van der Waals surface area contributed by atoms with E-state index < -0.39 is 17.4 Å². The number of phenols is 1. The molecule has 0 heterocycles. The summed E-state index contributed by atoms with van der Waals surface area (Å²) in [6.07, 6.45) is 0.0163. The van der Waals surface area contributed by atoms with Gasteiger partial charge in [-0.3, -0.25) is 0 Å². The van der Waals surface area contributed by atoms with Gasteiger partial charge in [0.2, 0.25) is 0 Å². The molecular weight excluding hydrogens is 192 g/mol. The highest BCUT2D eigenvalue weighted by Gasteiger charge is 2.17. The van der Waals surface area contributed by atoms with Gasteiger partial charge in [0.1, 0.15) is 0 Å². The van der Waals surface area contributed by atoms with Crippen LogP contribution in [-0.2, 0) is 6.42 Å². The molecule has 0 bridgehead atoms. The smallest absolute Gasteiger partial charge is 0.171 e. The molecule has 3 N–H and O–H groups in total. The predicted molar refractivity (Wildman–Crippen MR) is 47.3 cm³/mol. The molecule has 0 saturated carbocycles. The second-order valence-electron chi connectivity index (χ2n) is 2.74. The average Bonchev–Trinajstić information content (AvgIpc) is 2.18. The van der Waals surface area contributed by atoms with Gasteiger partial charge in [-0.2, -0.15) is 0 Å². The normalized spacial score (nSPS) is 10.3. The van der Waals surface area contributed by atoms with E-state index in [0.29, 0.717) is 0 Å². The maximum Gasteiger partial charge on any atom is 0.171 e. The van der Waals surface area contributed by atoms with Gasteiger partial charge < -0.3 is 15.6 Å². The molecule has 14 heavy (non-hydrogen) atoms. The Morgan fingerprint density at radius 1 is 1.43 bits per heavy atom. The second kappa shape index (κ2) is 4.23. The van der Waals surface area contributed by atoms with E-state index >= 15 is 0 Å². The number of halogens is 2. The van der Waals surface area contributed by atoms with E-state index in [2.05, 4.69) is 4.74 Å². The maximum absolute atomic E-state index is 13.4. The third-order valence-corrected chi connectivity index (χ3v) is 1.85. The molecule has 1 rings (SSSR count). The van der Waals surface area contributed by atoms with Crippen LogP contribution in [0.1, 0.15) is 5.56 Å². The van der Waals surface area contributed by atoms with E-state index in [1.54, 1.807) is 0 Å². The molecule has 0 aliphatic carbocycles. The zero-order valence-corrected chi connectivity index (χ0v) is 7.68. The molecule has 0 saturated heterocycles. The van der Waals surface area contributed by atoms with Crippen molar-refractivity contribution in [3.63, 3.8) is 0 Å². The summed E-state index contributed by atoms with van der Waals surface area (Å²) in [7, 11) is 1.24. The number of ether oxygens (including phenoxy) is 1. The molecule has 0 amide bonds. The summed E-state index contributed by atoms with van der Waals surface area (Å²) < 4.78 is 31.2. The first-order chi connectivity index (χ1) is 6.61. The summed E-state index contributed by atoms with van der Waals surface area (Å²) in [4.78, 5) is 0. The first kappa shape index (κ1) is 10.7. The summed E-state index contributed by atoms with van der Waals surface area (Å²) >= 11 is 0. The Bertz CT molecular complexity index is 342. The molecule has 0 aromatic heterocycles. The Kier molecular flexibility index (Phi) is 3.24. The molecule has 1 aromatic rings. The molecule has 0 radical (unpaired) electrons. The first-order valence-electron chi connectivity index (χ1n) is 4.05. The van der Waals surface area contributed by atoms with E-state index in [0.717, 1.165) is 6.07 Å². The number of nitrogens with two attached hydrogens (primary N) is 1. The molecule has 0 spiro atoms. The average molecular weight is 203 g/mol. The lowest BCUT2D eigenvalue weighted by atomic mass is 10.1. The van der Waals surface area contributed by atoms with Crippen molar-refractivity contribution >= 4 is 0 Å². The van der Waals surface area contributed by atoms with Crippen molar-refractivity contribution in [1.29, 1.82) is 0 Å². The number of methoxy groups -OCH3 is 1. The quantitative estimate of drug-likeness (QED) is 0.775. The number of rotatable bonds is 3. The molecule has 5 heteroatoms. The molecular formula is C9H11F2NO2. The van der Waals surface area contributed by atoms with E-state index in [1.165, 1.54) is 7.11 Å². The van der Waals surface area contributed by atoms with Crippen LogP contribution in [0.5, 0.6) is 11.5 Å². The molecule has 0 aliphatic rings. The van der Waals surface area contributed by atoms with E-state index in [4.69, 9.17) is 10.8 Å². The van der Waals surface area contributed by atoms with E-state index in [-0.39, 0.29) is 24.3 Å². The molecule has 0 unspecified atom stereocenters. The Labute approximate surface area is 80.1 Å². The fourth-order valence-corrected chi connectivity index (χ4v) is 1.16. The third kappa shape index (κ3) is 1.77. The topological polar surface area (TPSA) is 55.5 Å². The Balaban J connectivity index is 3.29. The zero-order chi connectivity index (χ0) is 10.7. The molecule has 3 nitrogen and oxygen atoms in total. The van der Waals surface area contributed by atoms with Gasteiger partial charge in [0.05, 0.1) is 7.11 Å². The predicted octanol–water partition coefficient (Wildman–Crippen LogP) is 1.18. The monoisotopic (exact) mass is 203 g/mol. The van der Waals surface area contributed by atoms with Crippen LogP contribution in [0, 0.1) is 11.6 Å². The minimum atomic E-state index is -0.978. The van der Waals surface area contributed by atoms with Gasteiger partial charge in [-0.05, 0) is 13.0 Å². The van der Waals surface area contributed by atoms with Crippen molar-refractivity contribution in [3.05, 3.63) is 23.3 Å². The summed E-state index contributed by atoms with van der Waals surface area (Å²) in [5.74, 6) is -2.61. The maximum atomic E-state index is 13.4. The summed E-state index contributed by atoms with van der Waals surface area (Å²) in [6, 6.07) is 0.894. The van der Waals surface area contributed by atoms with Crippen LogP contribution in [-0.4, -0.2) is 18.8 Å². The highest BCUT2D eigenvalue weighted by atomic mass is 19.1. The standard InChI is InChI=1S/C9H11F2NO2/c1-14-7-4-6(13)8(10)5(2-3-12)9(7)11/h4,13H,2-3,12H2,1H3. The van der Waals surface area contributed by atoms with Crippen molar-refractivity contribution < 1.29 is 18.6 Å². The Morgan fingerprint density at radius 3 is 2.57 bits per heavy atom. The molecule has 0 aliphatic heterocycles. The molecule has 0 atom stereocenters. The number of phenolic OH excluding ortho intramolecular Hbond substituents is 1. The molecule has 78 valence electrons. The Hall–Kier alpha value is -1.36. The fraction of sp³-hybridized carbons (Fsp3) is 0.333. The van der Waals surface area contributed by atoms with Crippen molar-refractivity contribution in [1.82, 2.24) is 0 Å². The lowest BCUT2D eigenvalue weighted by molar-refractivity contribution is 0.366. The van der Waals surface area contributed by atoms with Crippen molar-refractivity contribution in [2.24, 2.45) is 5.73 Å². The van der Waals surface area contributed by atoms with Crippen LogP contribution < -0.4 is 10.5 Å². The highest BCUT2D eigenvalue weighted by Crippen LogP contribution is 2.30. The minimum Gasteiger partial charge on any atom is -0.505 e. The van der Waals surface area contributed by atoms with Crippen molar-refractivity contribution in [2.45, 2.75) is 6.42 Å². The summed E-state index contributed by atoms with van der Waals surface area (Å²) in [5.41, 5.74) is 4.94. The summed E-state index contributed by atoms with van der Waals surface area (Å²) in [6.45, 7) is 0.0977. The van der Waals surface area contributed by atoms with Gasteiger partial charge in [-0.15, -0.1) is 0 Å². The first-order valence-corrected chi connectivity index (χ1v) is 4.05. The van der Waals surface area contributed by atoms with Gasteiger partial charge in [0, 0.05) is 11.6 Å². The van der Waals surface area contributed by atoms with Crippen LogP contribution in [0.25, 0.3) is 0 Å². The van der Waals surface area contributed by atoms with Gasteiger partial charge in [-0.25, -0.2) is 8.78 Å². The second-order valence-corrected chi connectivity index (χ2v) is 2.74. The van der Waals surface area contributed by atoms with Crippen LogP contribution in [0.3, 0.4) is 0 Å². The largest absolute Gasteiger partial charge is 0.505 e. The van der Waals surface area contributed by atoms with Gasteiger partial charge in [0.15, 0.2) is 23.1 Å². The number of hydrogen-bond acceptors (Lipinski definition) is 3. The molecule has 1 aromatic carbocycles. The SMILES string of the molecule is COc1cc(O)c(F)c(CCN)c1F. The number of benzene rings is 1. The van der Waals surface area contributed by atoms with Crippen LogP contribution in [0.2, 0.25) is 0 Å². The van der Waals surface area contributed by atoms with E-state index in [1.807, 2.05) is 0 Å². The van der Waals surface area contributed by atoms with Crippen molar-refractivity contribution in [3.8, 4) is 11.5 Å². The van der Waals surface area contributed by atoms with Crippen molar-refractivity contribution in [2.75, 3.05) is 13.7 Å². The lowest BCUT2D eigenvalue weighted by Gasteiger charge is -2.09. The minimum absolute atomic E-state index is 0.0163. The van der Waals surface area contributed by atoms with Gasteiger partial charge in [-0.1, -0.05) is 0 Å². The van der Waals surface area contributed by atoms with Crippen LogP contribution >= 0.6 is 0 Å².